The molecule has 0 saturated carbocycles. The average Bonchev–Trinajstić information content (AvgIpc) is 3.17. The highest BCUT2D eigenvalue weighted by molar-refractivity contribution is 6.31. The van der Waals surface area contributed by atoms with E-state index in [0.717, 1.165) is 54.6 Å². The van der Waals surface area contributed by atoms with Crippen LogP contribution in [0.15, 0.2) is 43.0 Å². The SMILES string of the molecule is Cc1ccc(Cl)cc1NC(=O)C1CCN(c2cc(-n3ccnc3C)ncn2)CC1. The van der Waals surface area contributed by atoms with E-state index in [9.17, 15) is 4.79 Å². The monoisotopic (exact) mass is 410 g/mol. The van der Waals surface area contributed by atoms with Crippen LogP contribution in [0.25, 0.3) is 5.82 Å². The number of hydrogen-bond acceptors (Lipinski definition) is 5. The number of aryl methyl sites for hydroxylation is 2. The lowest BCUT2D eigenvalue weighted by Gasteiger charge is -2.32. The molecule has 0 atom stereocenters. The van der Waals surface area contributed by atoms with Gasteiger partial charge in [-0.05, 0) is 44.4 Å². The zero-order valence-electron chi connectivity index (χ0n) is 16.5. The zero-order valence-corrected chi connectivity index (χ0v) is 17.2. The number of carbonyl (C=O) groups excluding carboxylic acids is 1. The minimum absolute atomic E-state index is 0.0261. The van der Waals surface area contributed by atoms with Gasteiger partial charge in [0.15, 0.2) is 0 Å². The molecule has 150 valence electrons. The van der Waals surface area contributed by atoms with E-state index in [-0.39, 0.29) is 11.8 Å². The van der Waals surface area contributed by atoms with Gasteiger partial charge in [0.25, 0.3) is 0 Å². The lowest BCUT2D eigenvalue weighted by molar-refractivity contribution is -0.120. The van der Waals surface area contributed by atoms with Gasteiger partial charge in [0, 0.05) is 48.2 Å². The van der Waals surface area contributed by atoms with Crippen molar-refractivity contribution in [2.75, 3.05) is 23.3 Å². The van der Waals surface area contributed by atoms with Gasteiger partial charge in [0.05, 0.1) is 0 Å². The van der Waals surface area contributed by atoms with Crippen LogP contribution < -0.4 is 10.2 Å². The van der Waals surface area contributed by atoms with Crippen molar-refractivity contribution >= 4 is 29.0 Å². The Morgan fingerprint density at radius 1 is 1.10 bits per heavy atom. The topological polar surface area (TPSA) is 75.9 Å². The van der Waals surface area contributed by atoms with E-state index in [2.05, 4.69) is 25.2 Å². The minimum atomic E-state index is -0.0261. The molecule has 1 aliphatic heterocycles. The fourth-order valence-corrected chi connectivity index (χ4v) is 3.77. The molecular formula is C21H23ClN6O. The van der Waals surface area contributed by atoms with Gasteiger partial charge in [0.2, 0.25) is 5.91 Å². The van der Waals surface area contributed by atoms with Crippen molar-refractivity contribution in [3.63, 3.8) is 0 Å². The second kappa shape index (κ2) is 8.21. The molecule has 3 aromatic rings. The van der Waals surface area contributed by atoms with Crippen molar-refractivity contribution in [2.45, 2.75) is 26.7 Å². The maximum atomic E-state index is 12.7. The number of anilines is 2. The zero-order chi connectivity index (χ0) is 20.4. The molecule has 7 nitrogen and oxygen atoms in total. The number of benzene rings is 1. The van der Waals surface area contributed by atoms with E-state index in [1.807, 2.05) is 42.8 Å². The number of nitrogens with one attached hydrogen (secondary N) is 1. The predicted octanol–water partition coefficient (Wildman–Crippen LogP) is 3.79. The molecule has 1 fully saturated rings. The summed E-state index contributed by atoms with van der Waals surface area (Å²) < 4.78 is 1.93. The molecule has 1 saturated heterocycles. The summed E-state index contributed by atoms with van der Waals surface area (Å²) in [5.41, 5.74) is 1.78. The molecule has 29 heavy (non-hydrogen) atoms. The van der Waals surface area contributed by atoms with E-state index in [1.54, 1.807) is 18.6 Å². The Morgan fingerprint density at radius 2 is 1.86 bits per heavy atom. The minimum Gasteiger partial charge on any atom is -0.356 e. The van der Waals surface area contributed by atoms with Crippen molar-refractivity contribution in [3.05, 3.63) is 59.4 Å². The Morgan fingerprint density at radius 3 is 2.59 bits per heavy atom. The van der Waals surface area contributed by atoms with Crippen LogP contribution in [0, 0.1) is 19.8 Å². The lowest BCUT2D eigenvalue weighted by atomic mass is 9.95. The van der Waals surface area contributed by atoms with Crippen LogP contribution in [-0.2, 0) is 4.79 Å². The van der Waals surface area contributed by atoms with Crippen LogP contribution in [0.5, 0.6) is 0 Å². The third kappa shape index (κ3) is 4.24. The number of nitrogens with zero attached hydrogens (tertiary/aromatic N) is 5. The Bertz CT molecular complexity index is 1030. The molecule has 2 aromatic heterocycles. The summed E-state index contributed by atoms with van der Waals surface area (Å²) in [5.74, 6) is 2.56. The maximum Gasteiger partial charge on any atom is 0.227 e. The number of amides is 1. The molecule has 1 aliphatic rings. The lowest BCUT2D eigenvalue weighted by Crippen LogP contribution is -2.38. The van der Waals surface area contributed by atoms with Gasteiger partial charge in [-0.25, -0.2) is 15.0 Å². The van der Waals surface area contributed by atoms with E-state index in [0.29, 0.717) is 5.02 Å². The van der Waals surface area contributed by atoms with Crippen molar-refractivity contribution in [1.29, 1.82) is 0 Å². The third-order valence-corrected chi connectivity index (χ3v) is 5.59. The van der Waals surface area contributed by atoms with Gasteiger partial charge in [0.1, 0.15) is 23.8 Å². The van der Waals surface area contributed by atoms with Crippen LogP contribution in [0.4, 0.5) is 11.5 Å². The molecule has 0 aliphatic carbocycles. The molecule has 8 heteroatoms. The summed E-state index contributed by atoms with van der Waals surface area (Å²) in [6.45, 7) is 5.44. The van der Waals surface area contributed by atoms with Gasteiger partial charge in [-0.1, -0.05) is 17.7 Å². The first-order chi connectivity index (χ1) is 14.0. The molecule has 0 unspecified atom stereocenters. The summed E-state index contributed by atoms with van der Waals surface area (Å²) in [5, 5.41) is 3.65. The largest absolute Gasteiger partial charge is 0.356 e. The average molecular weight is 411 g/mol. The summed E-state index contributed by atoms with van der Waals surface area (Å²) in [4.78, 5) is 27.9. The number of aromatic nitrogens is 4. The second-order valence-electron chi connectivity index (χ2n) is 7.29. The highest BCUT2D eigenvalue weighted by Crippen LogP contribution is 2.26. The standard InChI is InChI=1S/C21H23ClN6O/c1-14-3-4-17(22)11-18(14)26-21(29)16-5-8-27(9-6-16)19-12-20(25-13-24-19)28-10-7-23-15(28)2/h3-4,7,10-13,16H,5-6,8-9H2,1-2H3,(H,26,29). The highest BCUT2D eigenvalue weighted by Gasteiger charge is 2.26. The maximum absolute atomic E-state index is 12.7. The fraction of sp³-hybridized carbons (Fsp3) is 0.333. The number of piperidine rings is 1. The molecule has 3 heterocycles. The third-order valence-electron chi connectivity index (χ3n) is 5.36. The molecule has 1 amide bonds. The first kappa shape index (κ1) is 19.4. The van der Waals surface area contributed by atoms with E-state index < -0.39 is 0 Å². The Kier molecular flexibility index (Phi) is 5.49. The van der Waals surface area contributed by atoms with E-state index >= 15 is 0 Å². The molecule has 0 radical (unpaired) electrons. The normalized spacial score (nSPS) is 14.8. The molecule has 0 spiro atoms. The van der Waals surface area contributed by atoms with Crippen LogP contribution in [-0.4, -0.2) is 38.5 Å². The van der Waals surface area contributed by atoms with Crippen LogP contribution in [0.2, 0.25) is 5.02 Å². The van der Waals surface area contributed by atoms with Gasteiger partial charge in [-0.2, -0.15) is 0 Å². The molecule has 1 N–H and O–H groups in total. The summed E-state index contributed by atoms with van der Waals surface area (Å²) in [6.07, 6.45) is 6.76. The second-order valence-corrected chi connectivity index (χ2v) is 7.73. The van der Waals surface area contributed by atoms with Crippen molar-refractivity contribution in [2.24, 2.45) is 5.92 Å². The Hall–Kier alpha value is -2.93. The van der Waals surface area contributed by atoms with Crippen LogP contribution in [0.1, 0.15) is 24.2 Å². The van der Waals surface area contributed by atoms with E-state index in [4.69, 9.17) is 11.6 Å². The summed E-state index contributed by atoms with van der Waals surface area (Å²) in [7, 11) is 0. The quantitative estimate of drug-likeness (QED) is 0.708. The summed E-state index contributed by atoms with van der Waals surface area (Å²) >= 11 is 6.06. The smallest absolute Gasteiger partial charge is 0.227 e. The Labute approximate surface area is 174 Å². The predicted molar refractivity (Wildman–Crippen MR) is 114 cm³/mol. The van der Waals surface area contributed by atoms with E-state index in [1.165, 1.54) is 0 Å². The van der Waals surface area contributed by atoms with Gasteiger partial charge in [-0.15, -0.1) is 0 Å². The molecule has 1 aromatic carbocycles. The van der Waals surface area contributed by atoms with Crippen molar-refractivity contribution < 1.29 is 4.79 Å². The number of hydrogen-bond donors (Lipinski definition) is 1. The molecule has 4 rings (SSSR count). The number of imidazole rings is 1. The van der Waals surface area contributed by atoms with Gasteiger partial charge >= 0.3 is 0 Å². The van der Waals surface area contributed by atoms with Crippen LogP contribution >= 0.6 is 11.6 Å². The number of halogens is 1. The molecule has 0 bridgehead atoms. The van der Waals surface area contributed by atoms with Crippen LogP contribution in [0.3, 0.4) is 0 Å². The molecular weight excluding hydrogens is 388 g/mol. The summed E-state index contributed by atoms with van der Waals surface area (Å²) in [6, 6.07) is 7.50. The van der Waals surface area contributed by atoms with Crippen molar-refractivity contribution in [3.8, 4) is 5.82 Å². The Balaban J connectivity index is 1.40. The number of carbonyl (C=O) groups is 1. The first-order valence-corrected chi connectivity index (χ1v) is 10.0. The van der Waals surface area contributed by atoms with Crippen molar-refractivity contribution in [1.82, 2.24) is 19.5 Å². The first-order valence-electron chi connectivity index (χ1n) is 9.65. The number of rotatable bonds is 4. The van der Waals surface area contributed by atoms with Gasteiger partial charge in [-0.3, -0.25) is 9.36 Å². The fourth-order valence-electron chi connectivity index (χ4n) is 3.60. The van der Waals surface area contributed by atoms with Gasteiger partial charge < -0.3 is 10.2 Å². The highest BCUT2D eigenvalue weighted by atomic mass is 35.5.